The van der Waals surface area contributed by atoms with E-state index in [1.54, 1.807) is 6.92 Å². The zero-order valence-corrected chi connectivity index (χ0v) is 20.7. The summed E-state index contributed by atoms with van der Waals surface area (Å²) in [4.78, 5) is 23.8. The van der Waals surface area contributed by atoms with E-state index < -0.39 is 5.67 Å². The number of halogens is 1. The predicted molar refractivity (Wildman–Crippen MR) is 130 cm³/mol. The van der Waals surface area contributed by atoms with Gasteiger partial charge in [0.05, 0.1) is 6.54 Å². The Morgan fingerprint density at radius 2 is 1.84 bits per heavy atom. The van der Waals surface area contributed by atoms with E-state index in [0.29, 0.717) is 44.6 Å². The lowest BCUT2D eigenvalue weighted by Gasteiger charge is -2.32. The van der Waals surface area contributed by atoms with Gasteiger partial charge in [0.15, 0.2) is 6.61 Å². The number of carbonyl (C=O) groups excluding carboxylic acids is 2. The molecule has 0 aromatic heterocycles. The van der Waals surface area contributed by atoms with Crippen molar-refractivity contribution in [1.82, 2.24) is 15.5 Å². The number of nitrogens with zero attached hydrogens (tertiary/aromatic N) is 1. The highest BCUT2D eigenvalue weighted by molar-refractivity contribution is 5.77. The van der Waals surface area contributed by atoms with Crippen LogP contribution in [0.3, 0.4) is 0 Å². The van der Waals surface area contributed by atoms with Crippen LogP contribution in [-0.4, -0.2) is 62.1 Å². The minimum absolute atomic E-state index is 0.0272. The summed E-state index contributed by atoms with van der Waals surface area (Å²) in [6, 6.07) is 7.65. The van der Waals surface area contributed by atoms with Gasteiger partial charge in [-0.2, -0.15) is 0 Å². The second-order valence-electron chi connectivity index (χ2n) is 8.01. The summed E-state index contributed by atoms with van der Waals surface area (Å²) in [7, 11) is 1.82. The first-order chi connectivity index (χ1) is 15.1. The Morgan fingerprint density at radius 1 is 1.28 bits per heavy atom. The third kappa shape index (κ3) is 13.8. The standard InChI is InChI=1S/C15H22N2O2.C8H14FNO.C2H6/c1-11-5-7-14(8-6-11)19-10-15(18)17-13(3)9-12(2)16-4;1-8(9)2-4-10(5-3-8)6-7-11;1-2/h5-8,13,16H,2,9-10H2,1,3-4H3,(H,17,18);7H,2-6H2,1H3;1-2H3. The molecule has 1 fully saturated rings. The van der Waals surface area contributed by atoms with E-state index in [4.69, 9.17) is 4.74 Å². The zero-order valence-electron chi connectivity index (χ0n) is 20.7. The number of carbonyl (C=O) groups is 2. The van der Waals surface area contributed by atoms with Crippen molar-refractivity contribution in [1.29, 1.82) is 0 Å². The van der Waals surface area contributed by atoms with Crippen LogP contribution in [0.2, 0.25) is 0 Å². The summed E-state index contributed by atoms with van der Waals surface area (Å²) in [6.45, 7) is 15.3. The molecular weight excluding hydrogens is 409 g/mol. The number of likely N-dealkylation sites (tertiary alicyclic amines) is 1. The molecule has 1 aromatic carbocycles. The maximum absolute atomic E-state index is 13.2. The maximum Gasteiger partial charge on any atom is 0.258 e. The summed E-state index contributed by atoms with van der Waals surface area (Å²) in [5, 5.41) is 5.82. The summed E-state index contributed by atoms with van der Waals surface area (Å²) >= 11 is 0. The number of piperidine rings is 1. The summed E-state index contributed by atoms with van der Waals surface area (Å²) in [5.74, 6) is 0.574. The molecule has 6 nitrogen and oxygen atoms in total. The average Bonchev–Trinajstić information content (AvgIpc) is 2.76. The minimum Gasteiger partial charge on any atom is -0.484 e. The first-order valence-corrected chi connectivity index (χ1v) is 11.3. The topological polar surface area (TPSA) is 70.7 Å². The normalized spacial score (nSPS) is 15.6. The Labute approximate surface area is 193 Å². The SMILES string of the molecule is C=C(CC(C)NC(=O)COc1ccc(C)cc1)NC.CC.CC1(F)CCN(CC=O)CC1. The van der Waals surface area contributed by atoms with E-state index >= 15 is 0 Å². The van der Waals surface area contributed by atoms with Gasteiger partial charge in [-0.15, -0.1) is 0 Å². The Kier molecular flexibility index (Phi) is 15.0. The van der Waals surface area contributed by atoms with Crippen molar-refractivity contribution in [3.05, 3.63) is 42.1 Å². The fourth-order valence-electron chi connectivity index (χ4n) is 2.93. The Hall–Kier alpha value is -2.41. The second kappa shape index (κ2) is 16.3. The molecule has 1 amide bonds. The first-order valence-electron chi connectivity index (χ1n) is 11.3. The molecule has 1 heterocycles. The quantitative estimate of drug-likeness (QED) is 0.555. The van der Waals surface area contributed by atoms with Crippen molar-refractivity contribution in [3.8, 4) is 5.75 Å². The fraction of sp³-hybridized carbons (Fsp3) is 0.600. The van der Waals surface area contributed by atoms with Crippen LogP contribution in [0.1, 0.15) is 52.5 Å². The lowest BCUT2D eigenvalue weighted by atomic mass is 9.96. The second-order valence-corrected chi connectivity index (χ2v) is 8.01. The monoisotopic (exact) mass is 451 g/mol. The van der Waals surface area contributed by atoms with E-state index in [-0.39, 0.29) is 18.6 Å². The van der Waals surface area contributed by atoms with Gasteiger partial charge in [-0.25, -0.2) is 4.39 Å². The zero-order chi connectivity index (χ0) is 24.6. The van der Waals surface area contributed by atoms with Gasteiger partial charge in [0.2, 0.25) is 0 Å². The molecule has 32 heavy (non-hydrogen) atoms. The van der Waals surface area contributed by atoms with Gasteiger partial charge in [0.25, 0.3) is 5.91 Å². The van der Waals surface area contributed by atoms with Gasteiger partial charge >= 0.3 is 0 Å². The summed E-state index contributed by atoms with van der Waals surface area (Å²) in [6.07, 6.45) is 2.69. The molecular formula is C25H42FN3O3. The number of amides is 1. The van der Waals surface area contributed by atoms with E-state index in [1.165, 1.54) is 0 Å². The maximum atomic E-state index is 13.2. The van der Waals surface area contributed by atoms with Crippen LogP contribution < -0.4 is 15.4 Å². The number of rotatable bonds is 9. The van der Waals surface area contributed by atoms with Crippen molar-refractivity contribution in [3.63, 3.8) is 0 Å². The van der Waals surface area contributed by atoms with Gasteiger partial charge in [-0.05, 0) is 45.7 Å². The largest absolute Gasteiger partial charge is 0.484 e. The molecule has 0 bridgehead atoms. The van der Waals surface area contributed by atoms with Crippen LogP contribution in [0.15, 0.2) is 36.5 Å². The first kappa shape index (κ1) is 29.6. The molecule has 0 saturated carbocycles. The summed E-state index contributed by atoms with van der Waals surface area (Å²) < 4.78 is 18.6. The van der Waals surface area contributed by atoms with E-state index in [9.17, 15) is 14.0 Å². The Bertz CT molecular complexity index is 668. The molecule has 2 N–H and O–H groups in total. The third-order valence-electron chi connectivity index (χ3n) is 4.94. The molecule has 1 saturated heterocycles. The average molecular weight is 452 g/mol. The highest BCUT2D eigenvalue weighted by Gasteiger charge is 2.28. The molecule has 0 aliphatic carbocycles. The number of ether oxygens (including phenoxy) is 1. The molecule has 1 unspecified atom stereocenters. The van der Waals surface area contributed by atoms with Crippen LogP contribution in [0.4, 0.5) is 4.39 Å². The number of alkyl halides is 1. The van der Waals surface area contributed by atoms with E-state index in [0.717, 1.165) is 17.5 Å². The van der Waals surface area contributed by atoms with Crippen molar-refractivity contribution in [2.75, 3.05) is 33.3 Å². The molecule has 1 aliphatic rings. The predicted octanol–water partition coefficient (Wildman–Crippen LogP) is 4.04. The van der Waals surface area contributed by atoms with Crippen LogP contribution in [0.5, 0.6) is 5.75 Å². The van der Waals surface area contributed by atoms with Crippen molar-refractivity contribution in [2.24, 2.45) is 0 Å². The van der Waals surface area contributed by atoms with Crippen molar-refractivity contribution < 1.29 is 18.7 Å². The van der Waals surface area contributed by atoms with Gasteiger partial charge in [-0.3, -0.25) is 9.69 Å². The van der Waals surface area contributed by atoms with Crippen LogP contribution in [-0.2, 0) is 9.59 Å². The van der Waals surface area contributed by atoms with Crippen molar-refractivity contribution >= 4 is 12.2 Å². The number of hydrogen-bond acceptors (Lipinski definition) is 5. The van der Waals surface area contributed by atoms with Crippen LogP contribution in [0.25, 0.3) is 0 Å². The number of hydrogen-bond donors (Lipinski definition) is 2. The molecule has 7 heteroatoms. The minimum atomic E-state index is -1.00. The number of aldehydes is 1. The molecule has 1 aromatic rings. The van der Waals surface area contributed by atoms with E-state index in [2.05, 4.69) is 17.2 Å². The molecule has 1 aliphatic heterocycles. The van der Waals surface area contributed by atoms with E-state index in [1.807, 2.05) is 63.9 Å². The molecule has 0 radical (unpaired) electrons. The molecule has 1 atom stereocenters. The van der Waals surface area contributed by atoms with Gasteiger partial charge in [-0.1, -0.05) is 38.1 Å². The van der Waals surface area contributed by atoms with Gasteiger partial charge < -0.3 is 20.2 Å². The molecule has 0 spiro atoms. The summed E-state index contributed by atoms with van der Waals surface area (Å²) in [5.41, 5.74) is 1.06. The molecule has 182 valence electrons. The lowest BCUT2D eigenvalue weighted by molar-refractivity contribution is -0.123. The molecule has 2 rings (SSSR count). The Morgan fingerprint density at radius 3 is 2.34 bits per heavy atom. The number of benzene rings is 1. The Balaban J connectivity index is 0.000000626. The van der Waals surface area contributed by atoms with Gasteiger partial charge in [0, 0.05) is 38.3 Å². The smallest absolute Gasteiger partial charge is 0.258 e. The van der Waals surface area contributed by atoms with Crippen molar-refractivity contribution in [2.45, 2.75) is 65.6 Å². The highest BCUT2D eigenvalue weighted by atomic mass is 19.1. The van der Waals surface area contributed by atoms with Crippen LogP contribution in [0, 0.1) is 6.92 Å². The number of aryl methyl sites for hydroxylation is 1. The highest BCUT2D eigenvalue weighted by Crippen LogP contribution is 2.24. The third-order valence-corrected chi connectivity index (χ3v) is 4.94. The van der Waals surface area contributed by atoms with Gasteiger partial charge in [0.1, 0.15) is 17.7 Å². The fourth-order valence-corrected chi connectivity index (χ4v) is 2.93. The lowest BCUT2D eigenvalue weighted by Crippen LogP contribution is -2.40. The van der Waals surface area contributed by atoms with Crippen LogP contribution >= 0.6 is 0 Å². The number of nitrogens with one attached hydrogen (secondary N) is 2.